The van der Waals surface area contributed by atoms with E-state index in [4.69, 9.17) is 15.1 Å². The number of rotatable bonds is 4. The molecule has 0 atom stereocenters. The first kappa shape index (κ1) is 25.5. The van der Waals surface area contributed by atoms with Crippen molar-refractivity contribution in [2.75, 3.05) is 4.90 Å². The van der Waals surface area contributed by atoms with Crippen LogP contribution in [-0.2, 0) is 0 Å². The Morgan fingerprint density at radius 1 is 0.343 bits per heavy atom. The maximum absolute atomic E-state index is 7.17. The van der Waals surface area contributed by atoms with Gasteiger partial charge in [-0.25, -0.2) is 0 Å². The molecule has 0 radical (unpaired) electrons. The summed E-state index contributed by atoms with van der Waals surface area (Å²) in [4.78, 5) is 2.25. The predicted molar refractivity (Wildman–Crippen MR) is 145 cm³/mol. The summed E-state index contributed by atoms with van der Waals surface area (Å²) in [6.07, 6.45) is 0. The standard InChI is InChI=1S/C18H15N.C12H10.BH3O3/c1-4-10-16(11-5-1)19(17-12-6-2-7-13-17)18-14-8-3-9-15-18;1-3-7-11(8-4-1)12-9-5-2-6-10-12;2-1(3)4/h1-15H;1-10H;2-4H. The SMILES string of the molecule is OB(O)O.c1ccc(-c2ccccc2)cc1.c1ccc(N(c2ccccc2)c2ccccc2)cc1. The first-order chi connectivity index (χ1) is 17.1. The van der Waals surface area contributed by atoms with Gasteiger partial charge in [0.2, 0.25) is 0 Å². The molecule has 0 saturated heterocycles. The van der Waals surface area contributed by atoms with E-state index in [1.54, 1.807) is 0 Å². The summed E-state index contributed by atoms with van der Waals surface area (Å²) >= 11 is 0. The first-order valence-corrected chi connectivity index (χ1v) is 11.2. The van der Waals surface area contributed by atoms with Crippen LogP contribution in [0.3, 0.4) is 0 Å². The lowest BCUT2D eigenvalue weighted by molar-refractivity contribution is 0.278. The first-order valence-electron chi connectivity index (χ1n) is 11.2. The molecule has 0 aromatic heterocycles. The zero-order valence-corrected chi connectivity index (χ0v) is 19.3. The average molecular weight is 461 g/mol. The van der Waals surface area contributed by atoms with Crippen LogP contribution in [-0.4, -0.2) is 22.4 Å². The van der Waals surface area contributed by atoms with Crippen LogP contribution in [0.1, 0.15) is 0 Å². The second kappa shape index (κ2) is 14.2. The smallest absolute Gasteiger partial charge is 0.402 e. The highest BCUT2D eigenvalue weighted by Gasteiger charge is 2.10. The van der Waals surface area contributed by atoms with E-state index in [-0.39, 0.29) is 0 Å². The summed E-state index contributed by atoms with van der Waals surface area (Å²) in [7, 11) is -2.17. The molecule has 0 amide bonds. The number of para-hydroxylation sites is 3. The van der Waals surface area contributed by atoms with Crippen molar-refractivity contribution in [1.29, 1.82) is 0 Å². The van der Waals surface area contributed by atoms with Crippen molar-refractivity contribution in [3.05, 3.63) is 152 Å². The molecule has 0 aliphatic rings. The second-order valence-corrected chi connectivity index (χ2v) is 7.42. The molecule has 3 N–H and O–H groups in total. The van der Waals surface area contributed by atoms with Gasteiger partial charge in [-0.3, -0.25) is 0 Å². The maximum atomic E-state index is 7.17. The fraction of sp³-hybridized carbons (Fsp3) is 0. The lowest BCUT2D eigenvalue weighted by Gasteiger charge is -2.25. The minimum absolute atomic E-state index is 1.17. The highest BCUT2D eigenvalue weighted by molar-refractivity contribution is 6.30. The quantitative estimate of drug-likeness (QED) is 0.269. The Bertz CT molecular complexity index is 1070. The van der Waals surface area contributed by atoms with Crippen molar-refractivity contribution >= 4 is 24.4 Å². The van der Waals surface area contributed by atoms with Gasteiger partial charge in [0, 0.05) is 17.1 Å². The van der Waals surface area contributed by atoms with Crippen molar-refractivity contribution < 1.29 is 15.1 Å². The van der Waals surface area contributed by atoms with Crippen LogP contribution in [0.25, 0.3) is 11.1 Å². The second-order valence-electron chi connectivity index (χ2n) is 7.42. The summed E-state index contributed by atoms with van der Waals surface area (Å²) in [5.74, 6) is 0. The predicted octanol–water partition coefficient (Wildman–Crippen LogP) is 6.46. The van der Waals surface area contributed by atoms with Crippen LogP contribution in [0.15, 0.2) is 152 Å². The van der Waals surface area contributed by atoms with Gasteiger partial charge >= 0.3 is 7.32 Å². The third kappa shape index (κ3) is 8.61. The van der Waals surface area contributed by atoms with Gasteiger partial charge in [0.05, 0.1) is 0 Å². The van der Waals surface area contributed by atoms with E-state index in [0.29, 0.717) is 0 Å². The van der Waals surface area contributed by atoms with Crippen LogP contribution in [0, 0.1) is 0 Å². The number of anilines is 3. The number of hydrogen-bond donors (Lipinski definition) is 3. The molecule has 0 aliphatic carbocycles. The lowest BCUT2D eigenvalue weighted by atomic mass is 10.1. The van der Waals surface area contributed by atoms with E-state index >= 15 is 0 Å². The fourth-order valence-electron chi connectivity index (χ4n) is 3.44. The number of nitrogens with zero attached hydrogens (tertiary/aromatic N) is 1. The van der Waals surface area contributed by atoms with Gasteiger partial charge in [-0.05, 0) is 47.5 Å². The van der Waals surface area contributed by atoms with Crippen molar-refractivity contribution in [3.8, 4) is 11.1 Å². The summed E-state index contributed by atoms with van der Waals surface area (Å²) in [5, 5.41) is 21.5. The van der Waals surface area contributed by atoms with Crippen LogP contribution in [0.5, 0.6) is 0 Å². The highest BCUT2D eigenvalue weighted by atomic mass is 16.5. The minimum Gasteiger partial charge on any atom is -0.402 e. The van der Waals surface area contributed by atoms with E-state index in [1.165, 1.54) is 28.2 Å². The molecule has 5 heteroatoms. The average Bonchev–Trinajstić information content (AvgIpc) is 2.92. The zero-order chi connectivity index (χ0) is 24.7. The van der Waals surface area contributed by atoms with E-state index in [1.807, 2.05) is 30.3 Å². The molecule has 0 fully saturated rings. The molecule has 35 heavy (non-hydrogen) atoms. The molecular weight excluding hydrogens is 433 g/mol. The summed E-state index contributed by atoms with van der Waals surface area (Å²) in [6.45, 7) is 0. The largest absolute Gasteiger partial charge is 0.631 e. The molecule has 0 aliphatic heterocycles. The Morgan fingerprint density at radius 2 is 0.543 bits per heavy atom. The Balaban J connectivity index is 0.000000183. The van der Waals surface area contributed by atoms with Gasteiger partial charge in [0.25, 0.3) is 0 Å². The summed E-state index contributed by atoms with van der Waals surface area (Å²) in [6, 6.07) is 52.0. The van der Waals surface area contributed by atoms with E-state index in [2.05, 4.69) is 126 Å². The topological polar surface area (TPSA) is 63.9 Å². The minimum atomic E-state index is -2.17. The Labute approximate surface area is 207 Å². The Kier molecular flexibility index (Phi) is 10.3. The van der Waals surface area contributed by atoms with Gasteiger partial charge in [-0.2, -0.15) is 0 Å². The van der Waals surface area contributed by atoms with Gasteiger partial charge in [-0.1, -0.05) is 115 Å². The monoisotopic (exact) mass is 461 g/mol. The maximum Gasteiger partial charge on any atom is 0.631 e. The van der Waals surface area contributed by atoms with Crippen molar-refractivity contribution in [3.63, 3.8) is 0 Å². The van der Waals surface area contributed by atoms with Crippen molar-refractivity contribution in [1.82, 2.24) is 0 Å². The van der Waals surface area contributed by atoms with E-state index in [0.717, 1.165) is 0 Å². The van der Waals surface area contributed by atoms with Gasteiger partial charge in [0.15, 0.2) is 0 Å². The van der Waals surface area contributed by atoms with Gasteiger partial charge in [0.1, 0.15) is 0 Å². The van der Waals surface area contributed by atoms with Crippen LogP contribution >= 0.6 is 0 Å². The van der Waals surface area contributed by atoms with Crippen molar-refractivity contribution in [2.45, 2.75) is 0 Å². The number of benzene rings is 5. The molecular formula is C30H28BNO3. The van der Waals surface area contributed by atoms with Gasteiger partial charge < -0.3 is 20.0 Å². The number of hydrogen-bond acceptors (Lipinski definition) is 4. The van der Waals surface area contributed by atoms with E-state index < -0.39 is 7.32 Å². The molecule has 174 valence electrons. The molecule has 0 saturated carbocycles. The Hall–Kier alpha value is -4.16. The van der Waals surface area contributed by atoms with Crippen LogP contribution < -0.4 is 4.90 Å². The van der Waals surface area contributed by atoms with Gasteiger partial charge in [-0.15, -0.1) is 0 Å². The van der Waals surface area contributed by atoms with Crippen molar-refractivity contribution in [2.24, 2.45) is 0 Å². The lowest BCUT2D eigenvalue weighted by Crippen LogP contribution is -2.09. The third-order valence-electron chi connectivity index (χ3n) is 4.92. The summed E-state index contributed by atoms with van der Waals surface area (Å²) < 4.78 is 0. The van der Waals surface area contributed by atoms with Crippen LogP contribution in [0.2, 0.25) is 0 Å². The molecule has 0 spiro atoms. The Morgan fingerprint density at radius 3 is 0.771 bits per heavy atom. The zero-order valence-electron chi connectivity index (χ0n) is 19.3. The van der Waals surface area contributed by atoms with Crippen LogP contribution in [0.4, 0.5) is 17.1 Å². The molecule has 0 unspecified atom stereocenters. The molecule has 5 rings (SSSR count). The molecule has 0 bridgehead atoms. The van der Waals surface area contributed by atoms with E-state index in [9.17, 15) is 0 Å². The fourth-order valence-corrected chi connectivity index (χ4v) is 3.44. The molecule has 4 nitrogen and oxygen atoms in total. The molecule has 5 aromatic rings. The normalized spacial score (nSPS) is 9.57. The highest BCUT2D eigenvalue weighted by Crippen LogP contribution is 2.33. The molecule has 5 aromatic carbocycles. The summed E-state index contributed by atoms with van der Waals surface area (Å²) in [5.41, 5.74) is 6.05. The third-order valence-corrected chi connectivity index (χ3v) is 4.92. The molecule has 0 heterocycles.